The van der Waals surface area contributed by atoms with Crippen LogP contribution in [0, 0.1) is 29.6 Å². The van der Waals surface area contributed by atoms with E-state index in [1.54, 1.807) is 7.05 Å². The maximum atomic E-state index is 12.1. The van der Waals surface area contributed by atoms with Crippen LogP contribution in [0.3, 0.4) is 0 Å². The number of pyridine rings is 1. The van der Waals surface area contributed by atoms with Crippen molar-refractivity contribution in [3.8, 4) is 23.3 Å². The highest BCUT2D eigenvalue weighted by Gasteiger charge is 2.20. The zero-order valence-electron chi connectivity index (χ0n) is 15.6. The highest BCUT2D eigenvalue weighted by molar-refractivity contribution is 8.00. The van der Waals surface area contributed by atoms with Crippen molar-refractivity contribution in [2.45, 2.75) is 11.9 Å². The van der Waals surface area contributed by atoms with Crippen LogP contribution in [0.5, 0.6) is 0 Å². The summed E-state index contributed by atoms with van der Waals surface area (Å²) in [5, 5.41) is 35.2. The molecule has 0 atom stereocenters. The Balaban J connectivity index is 1.99. The van der Waals surface area contributed by atoms with Crippen molar-refractivity contribution in [3.63, 3.8) is 0 Å². The summed E-state index contributed by atoms with van der Waals surface area (Å²) in [6.07, 6.45) is 1.46. The van der Waals surface area contributed by atoms with Gasteiger partial charge in [0.2, 0.25) is 0 Å². The minimum absolute atomic E-state index is 0.00350. The molecule has 0 spiro atoms. The van der Waals surface area contributed by atoms with Gasteiger partial charge in [0.15, 0.2) is 12.3 Å². The first-order chi connectivity index (χ1) is 13.9. The third-order valence-electron chi connectivity index (χ3n) is 3.88. The number of nitrogens with zero attached hydrogens (tertiary/aromatic N) is 6. The molecule has 0 saturated heterocycles. The number of rotatable bonds is 5. The number of nitriles is 2. The maximum Gasteiger partial charge on any atom is 0.320 e. The summed E-state index contributed by atoms with van der Waals surface area (Å²) in [6.45, 7) is 1.94. The number of aromatic nitrogens is 3. The molecule has 2 N–H and O–H groups in total. The molecule has 0 fully saturated rings. The van der Waals surface area contributed by atoms with Gasteiger partial charge in [-0.05, 0) is 18.4 Å². The predicted octanol–water partition coefficient (Wildman–Crippen LogP) is 1.38. The lowest BCUT2D eigenvalue weighted by Gasteiger charge is -2.14. The number of benzene rings is 1. The van der Waals surface area contributed by atoms with Crippen LogP contribution in [0.2, 0.25) is 0 Å². The van der Waals surface area contributed by atoms with Gasteiger partial charge in [-0.1, -0.05) is 46.3 Å². The van der Waals surface area contributed by atoms with Crippen molar-refractivity contribution in [1.82, 2.24) is 10.3 Å². The Morgan fingerprint density at radius 3 is 2.55 bits per heavy atom. The van der Waals surface area contributed by atoms with E-state index in [1.165, 1.54) is 10.9 Å². The van der Waals surface area contributed by atoms with Crippen LogP contribution in [-0.4, -0.2) is 21.9 Å². The second-order valence-corrected chi connectivity index (χ2v) is 6.99. The fourth-order valence-electron chi connectivity index (χ4n) is 2.56. The lowest BCUT2D eigenvalue weighted by atomic mass is 9.96. The molecule has 0 unspecified atom stereocenters. The second kappa shape index (κ2) is 8.42. The number of hydrogen-bond donors (Lipinski definition) is 1. The number of thioether (sulfide) groups is 1. The van der Waals surface area contributed by atoms with Gasteiger partial charge in [0.1, 0.15) is 28.5 Å². The van der Waals surface area contributed by atoms with E-state index in [1.807, 2.05) is 37.3 Å². The summed E-state index contributed by atoms with van der Waals surface area (Å²) in [5.74, 6) is -0.509. The van der Waals surface area contributed by atoms with E-state index in [2.05, 4.69) is 21.3 Å². The fraction of sp³-hybridized carbons (Fsp3) is 0.158. The van der Waals surface area contributed by atoms with Gasteiger partial charge in [-0.15, -0.1) is 0 Å². The summed E-state index contributed by atoms with van der Waals surface area (Å²) in [4.78, 5) is 7.96. The summed E-state index contributed by atoms with van der Waals surface area (Å²) in [6, 6.07) is 11.5. The Morgan fingerprint density at radius 2 is 1.97 bits per heavy atom. The molecule has 0 aliphatic rings. The quantitative estimate of drug-likeness (QED) is 0.289. The largest absolute Gasteiger partial charge is 0.861 e. The van der Waals surface area contributed by atoms with Crippen LogP contribution < -0.4 is 15.5 Å². The first kappa shape index (κ1) is 19.9. The molecule has 10 heteroatoms. The summed E-state index contributed by atoms with van der Waals surface area (Å²) >= 11 is 1.02. The summed E-state index contributed by atoms with van der Waals surface area (Å²) < 4.78 is 6.24. The smallest absolute Gasteiger partial charge is 0.320 e. The van der Waals surface area contributed by atoms with Crippen LogP contribution in [0.25, 0.3) is 11.1 Å². The van der Waals surface area contributed by atoms with Crippen LogP contribution in [0.4, 0.5) is 11.7 Å². The van der Waals surface area contributed by atoms with Gasteiger partial charge >= 0.3 is 5.88 Å². The Morgan fingerprint density at radius 1 is 1.28 bits per heavy atom. The molecule has 2 aromatic heterocycles. The molecule has 3 aromatic rings. The molecule has 0 radical (unpaired) electrons. The molecule has 0 bridgehead atoms. The van der Waals surface area contributed by atoms with Crippen LogP contribution in [0.1, 0.15) is 16.7 Å². The molecule has 9 nitrogen and oxygen atoms in total. The SMILES string of the molecule is Cc1ccc(-c2c(C#N)c(N)nc(SC/C([O-])=N/c3c[n+](C)no3)c2C#N)cc1. The maximum absolute atomic E-state index is 12.1. The van der Waals surface area contributed by atoms with Crippen molar-refractivity contribution in [1.29, 1.82) is 10.5 Å². The highest BCUT2D eigenvalue weighted by Crippen LogP contribution is 2.35. The average Bonchev–Trinajstić information content (AvgIpc) is 3.11. The lowest BCUT2D eigenvalue weighted by Crippen LogP contribution is -2.27. The van der Waals surface area contributed by atoms with Gasteiger partial charge < -0.3 is 10.8 Å². The number of hydrogen-bond acceptors (Lipinski definition) is 9. The van der Waals surface area contributed by atoms with Crippen LogP contribution in [0.15, 0.2) is 45.0 Å². The minimum Gasteiger partial charge on any atom is -0.861 e. The molecule has 144 valence electrons. The van der Waals surface area contributed by atoms with Crippen LogP contribution >= 0.6 is 11.8 Å². The minimum atomic E-state index is -0.489. The van der Waals surface area contributed by atoms with Gasteiger partial charge in [0.25, 0.3) is 6.20 Å². The number of anilines is 1. The monoisotopic (exact) mass is 405 g/mol. The first-order valence-corrected chi connectivity index (χ1v) is 9.32. The van der Waals surface area contributed by atoms with E-state index in [9.17, 15) is 15.6 Å². The third-order valence-corrected chi connectivity index (χ3v) is 4.84. The molecule has 29 heavy (non-hydrogen) atoms. The third kappa shape index (κ3) is 4.34. The molecule has 2 heterocycles. The molecule has 0 saturated carbocycles. The lowest BCUT2D eigenvalue weighted by molar-refractivity contribution is -0.739. The Hall–Kier alpha value is -3.89. The number of nitrogen functional groups attached to an aromatic ring is 1. The van der Waals surface area contributed by atoms with Gasteiger partial charge in [-0.25, -0.2) is 9.98 Å². The normalized spacial score (nSPS) is 11.1. The number of aryl methyl sites for hydroxylation is 2. The van der Waals surface area contributed by atoms with Crippen molar-refractivity contribution < 1.29 is 14.3 Å². The summed E-state index contributed by atoms with van der Waals surface area (Å²) in [5.41, 5.74) is 8.38. The topological polar surface area (TPSA) is 152 Å². The Bertz CT molecular complexity index is 1170. The molecule has 0 aliphatic carbocycles. The van der Waals surface area contributed by atoms with Gasteiger partial charge in [-0.3, -0.25) is 4.52 Å². The zero-order chi connectivity index (χ0) is 21.0. The van der Waals surface area contributed by atoms with E-state index in [-0.39, 0.29) is 33.6 Å². The van der Waals surface area contributed by atoms with E-state index in [0.29, 0.717) is 11.1 Å². The molecule has 0 amide bonds. The average molecular weight is 405 g/mol. The van der Waals surface area contributed by atoms with E-state index < -0.39 is 5.90 Å². The Kier molecular flexibility index (Phi) is 5.77. The van der Waals surface area contributed by atoms with Crippen molar-refractivity contribution in [3.05, 3.63) is 47.2 Å². The van der Waals surface area contributed by atoms with E-state index >= 15 is 0 Å². The van der Waals surface area contributed by atoms with E-state index in [4.69, 9.17) is 10.3 Å². The predicted molar refractivity (Wildman–Crippen MR) is 104 cm³/mol. The highest BCUT2D eigenvalue weighted by atomic mass is 32.2. The molecule has 0 aliphatic heterocycles. The van der Waals surface area contributed by atoms with Gasteiger partial charge in [0, 0.05) is 11.3 Å². The second-order valence-electron chi connectivity index (χ2n) is 6.02. The van der Waals surface area contributed by atoms with Crippen molar-refractivity contribution in [2.24, 2.45) is 12.0 Å². The van der Waals surface area contributed by atoms with E-state index in [0.717, 1.165) is 17.3 Å². The standard InChI is InChI=1S/C19H15N7O2S/c1-11-3-5-12(6-4-11)17-13(7-20)18(22)24-19(14(17)8-21)29-10-15(27)23-16-9-26(2)25-28-16/h3-6,9H,10H2,1-2H3,(H2-,22,23,24,25,27). The number of aliphatic imine (C=N–C) groups is 1. The van der Waals surface area contributed by atoms with Crippen molar-refractivity contribution in [2.75, 3.05) is 11.5 Å². The Labute approximate surface area is 170 Å². The molecular weight excluding hydrogens is 390 g/mol. The molecule has 3 rings (SSSR count). The number of nitrogens with two attached hydrogens (primary N) is 1. The zero-order valence-corrected chi connectivity index (χ0v) is 16.4. The fourth-order valence-corrected chi connectivity index (χ4v) is 3.34. The van der Waals surface area contributed by atoms with Gasteiger partial charge in [-0.2, -0.15) is 10.5 Å². The van der Waals surface area contributed by atoms with Crippen molar-refractivity contribution >= 4 is 29.4 Å². The van der Waals surface area contributed by atoms with Crippen LogP contribution in [-0.2, 0) is 7.05 Å². The first-order valence-electron chi connectivity index (χ1n) is 8.33. The van der Waals surface area contributed by atoms with Gasteiger partial charge in [0.05, 0.1) is 5.56 Å². The summed E-state index contributed by atoms with van der Waals surface area (Å²) in [7, 11) is 1.64. The molecule has 1 aromatic carbocycles. The molecular formula is C19H15N7O2S.